The summed E-state index contributed by atoms with van der Waals surface area (Å²) in [6, 6.07) is 7.84. The van der Waals surface area contributed by atoms with Crippen molar-refractivity contribution in [2.75, 3.05) is 13.1 Å². The van der Waals surface area contributed by atoms with E-state index in [1.165, 1.54) is 36.4 Å². The molecule has 2 aromatic carbocycles. The number of unbranched alkanes of at least 4 members (excludes halogenated alkanes) is 5. The van der Waals surface area contributed by atoms with Crippen LogP contribution >= 0.6 is 0 Å². The minimum absolute atomic E-state index is 0.0389. The molecule has 0 spiro atoms. The molecule has 4 rings (SSSR count). The van der Waals surface area contributed by atoms with Crippen molar-refractivity contribution < 1.29 is 39.0 Å². The number of fused-ring (bicyclic) bond motifs is 2. The molecule has 0 aromatic heterocycles. The highest BCUT2D eigenvalue weighted by atomic mass is 16.4. The normalized spacial score (nSPS) is 14.4. The number of imide groups is 2. The highest BCUT2D eigenvalue weighted by Crippen LogP contribution is 2.26. The first-order valence-electron chi connectivity index (χ1n) is 11.7. The number of aromatic carboxylic acids is 2. The van der Waals surface area contributed by atoms with Crippen molar-refractivity contribution in [2.24, 2.45) is 0 Å². The predicted octanol–water partition coefficient (Wildman–Crippen LogP) is 3.32. The van der Waals surface area contributed by atoms with Crippen molar-refractivity contribution in [2.45, 2.75) is 38.5 Å². The van der Waals surface area contributed by atoms with Crippen molar-refractivity contribution in [1.82, 2.24) is 9.80 Å². The lowest BCUT2D eigenvalue weighted by atomic mass is 10.1. The summed E-state index contributed by atoms with van der Waals surface area (Å²) in [7, 11) is 0. The molecule has 2 heterocycles. The molecule has 0 saturated heterocycles. The molecule has 2 aromatic rings. The van der Waals surface area contributed by atoms with E-state index in [-0.39, 0.29) is 46.5 Å². The first-order chi connectivity index (χ1) is 17.2. The lowest BCUT2D eigenvalue weighted by molar-refractivity contribution is 0.0634. The molecule has 186 valence electrons. The molecule has 0 fully saturated rings. The minimum atomic E-state index is -1.16. The molecule has 0 bridgehead atoms. The Kier molecular flexibility index (Phi) is 6.96. The molecule has 2 aliphatic heterocycles. The second-order valence-corrected chi connectivity index (χ2v) is 8.78. The van der Waals surface area contributed by atoms with E-state index in [4.69, 9.17) is 10.2 Å². The molecule has 36 heavy (non-hydrogen) atoms. The Morgan fingerprint density at radius 2 is 0.861 bits per heavy atom. The fourth-order valence-electron chi connectivity index (χ4n) is 4.50. The summed E-state index contributed by atoms with van der Waals surface area (Å²) in [4.78, 5) is 74.5. The Morgan fingerprint density at radius 3 is 1.22 bits per heavy atom. The fourth-order valence-corrected chi connectivity index (χ4v) is 4.50. The molecule has 10 heteroatoms. The molecule has 0 aliphatic carbocycles. The molecule has 4 amide bonds. The van der Waals surface area contributed by atoms with Gasteiger partial charge in [-0.25, -0.2) is 9.59 Å². The monoisotopic (exact) mass is 492 g/mol. The quantitative estimate of drug-likeness (QED) is 0.358. The standard InChI is InChI=1S/C26H24N2O8/c29-21-17-9-7-15(25(33)34)13-19(17)23(31)27(21)11-5-3-1-2-4-6-12-28-22(30)18-10-8-16(26(35)36)14-20(18)24(28)32/h7-10,13-14H,1-6,11-12H2,(H,33,34)(H,35,36). The number of carbonyl (C=O) groups is 6. The Balaban J connectivity index is 1.17. The van der Waals surface area contributed by atoms with Gasteiger partial charge in [-0.05, 0) is 49.2 Å². The zero-order chi connectivity index (χ0) is 26.0. The third-order valence-corrected chi connectivity index (χ3v) is 6.45. The van der Waals surface area contributed by atoms with Crippen LogP contribution in [-0.2, 0) is 0 Å². The fraction of sp³-hybridized carbons (Fsp3) is 0.308. The van der Waals surface area contributed by atoms with E-state index in [2.05, 4.69) is 0 Å². The van der Waals surface area contributed by atoms with Gasteiger partial charge >= 0.3 is 11.9 Å². The van der Waals surface area contributed by atoms with E-state index >= 15 is 0 Å². The molecular formula is C26H24N2O8. The summed E-state index contributed by atoms with van der Waals surface area (Å²) in [5.41, 5.74) is 0.597. The smallest absolute Gasteiger partial charge is 0.335 e. The molecule has 0 unspecified atom stereocenters. The van der Waals surface area contributed by atoms with Gasteiger partial charge in [-0.1, -0.05) is 25.7 Å². The number of carbonyl (C=O) groups excluding carboxylic acids is 4. The van der Waals surface area contributed by atoms with E-state index in [1.807, 2.05) is 0 Å². The first-order valence-corrected chi connectivity index (χ1v) is 11.7. The number of amides is 4. The van der Waals surface area contributed by atoms with Crippen LogP contribution in [0.1, 0.15) is 101 Å². The maximum Gasteiger partial charge on any atom is 0.335 e. The number of rotatable bonds is 11. The van der Waals surface area contributed by atoms with Gasteiger partial charge in [-0.2, -0.15) is 0 Å². The van der Waals surface area contributed by atoms with Crippen LogP contribution in [-0.4, -0.2) is 68.7 Å². The van der Waals surface area contributed by atoms with E-state index in [0.717, 1.165) is 35.5 Å². The summed E-state index contributed by atoms with van der Waals surface area (Å²) >= 11 is 0. The van der Waals surface area contributed by atoms with E-state index in [0.29, 0.717) is 12.8 Å². The van der Waals surface area contributed by atoms with Crippen molar-refractivity contribution in [3.05, 3.63) is 69.8 Å². The van der Waals surface area contributed by atoms with Crippen LogP contribution in [0.15, 0.2) is 36.4 Å². The number of benzene rings is 2. The Labute approximate surface area is 206 Å². The number of carboxylic acids is 2. The van der Waals surface area contributed by atoms with Gasteiger partial charge in [-0.15, -0.1) is 0 Å². The highest BCUT2D eigenvalue weighted by Gasteiger charge is 2.36. The Bertz CT molecular complexity index is 1200. The van der Waals surface area contributed by atoms with Gasteiger partial charge in [0.25, 0.3) is 23.6 Å². The zero-order valence-electron chi connectivity index (χ0n) is 19.4. The van der Waals surface area contributed by atoms with Crippen LogP contribution in [0.5, 0.6) is 0 Å². The Morgan fingerprint density at radius 1 is 0.528 bits per heavy atom. The van der Waals surface area contributed by atoms with Crippen LogP contribution in [0.4, 0.5) is 0 Å². The average Bonchev–Trinajstić information content (AvgIpc) is 3.24. The van der Waals surface area contributed by atoms with Gasteiger partial charge in [-0.3, -0.25) is 29.0 Å². The Hall–Kier alpha value is -4.34. The first kappa shape index (κ1) is 24.8. The predicted molar refractivity (Wildman–Crippen MR) is 125 cm³/mol. The van der Waals surface area contributed by atoms with Crippen molar-refractivity contribution in [3.8, 4) is 0 Å². The molecule has 2 aliphatic rings. The van der Waals surface area contributed by atoms with Crippen molar-refractivity contribution >= 4 is 35.6 Å². The minimum Gasteiger partial charge on any atom is -0.478 e. The highest BCUT2D eigenvalue weighted by molar-refractivity contribution is 6.22. The molecule has 10 nitrogen and oxygen atoms in total. The van der Waals surface area contributed by atoms with Crippen LogP contribution in [0.3, 0.4) is 0 Å². The van der Waals surface area contributed by atoms with Crippen LogP contribution < -0.4 is 0 Å². The number of nitrogens with zero attached hydrogens (tertiary/aromatic N) is 2. The molecular weight excluding hydrogens is 468 g/mol. The molecule has 0 atom stereocenters. The topological polar surface area (TPSA) is 149 Å². The van der Waals surface area contributed by atoms with Gasteiger partial charge in [0, 0.05) is 13.1 Å². The van der Waals surface area contributed by atoms with Gasteiger partial charge in [0.05, 0.1) is 33.4 Å². The third-order valence-electron chi connectivity index (χ3n) is 6.45. The van der Waals surface area contributed by atoms with Crippen molar-refractivity contribution in [1.29, 1.82) is 0 Å². The van der Waals surface area contributed by atoms with Crippen LogP contribution in [0.25, 0.3) is 0 Å². The molecule has 0 saturated carbocycles. The maximum atomic E-state index is 12.5. The third kappa shape index (κ3) is 4.61. The van der Waals surface area contributed by atoms with Gasteiger partial charge in [0.2, 0.25) is 0 Å². The van der Waals surface area contributed by atoms with Crippen LogP contribution in [0, 0.1) is 0 Å². The molecule has 2 N–H and O–H groups in total. The lowest BCUT2D eigenvalue weighted by Crippen LogP contribution is -2.30. The largest absolute Gasteiger partial charge is 0.478 e. The summed E-state index contributed by atoms with van der Waals surface area (Å²) in [5, 5.41) is 18.2. The lowest BCUT2D eigenvalue weighted by Gasteiger charge is -2.14. The number of hydrogen-bond acceptors (Lipinski definition) is 6. The van der Waals surface area contributed by atoms with E-state index in [9.17, 15) is 28.8 Å². The zero-order valence-corrected chi connectivity index (χ0v) is 19.4. The van der Waals surface area contributed by atoms with Crippen LogP contribution in [0.2, 0.25) is 0 Å². The van der Waals surface area contributed by atoms with Crippen molar-refractivity contribution in [3.63, 3.8) is 0 Å². The van der Waals surface area contributed by atoms with E-state index in [1.54, 1.807) is 0 Å². The molecule has 0 radical (unpaired) electrons. The maximum absolute atomic E-state index is 12.5. The number of carboxylic acid groups (broad SMARTS) is 2. The summed E-state index contributed by atoms with van der Waals surface area (Å²) in [6.45, 7) is 0.504. The van der Waals surface area contributed by atoms with E-state index < -0.39 is 35.6 Å². The van der Waals surface area contributed by atoms with Gasteiger partial charge in [0.15, 0.2) is 0 Å². The SMILES string of the molecule is O=C(O)c1ccc2c(c1)C(=O)N(CCCCCCCCN1C(=O)c3ccc(C(=O)O)cc3C1=O)C2=O. The second kappa shape index (κ2) is 10.1. The summed E-state index contributed by atoms with van der Waals surface area (Å²) in [5.74, 6) is -4.10. The second-order valence-electron chi connectivity index (χ2n) is 8.78. The summed E-state index contributed by atoms with van der Waals surface area (Å²) < 4.78 is 0. The average molecular weight is 492 g/mol. The number of hydrogen-bond donors (Lipinski definition) is 2. The van der Waals surface area contributed by atoms with Gasteiger partial charge in [0.1, 0.15) is 0 Å². The van der Waals surface area contributed by atoms with Gasteiger partial charge < -0.3 is 10.2 Å². The summed E-state index contributed by atoms with van der Waals surface area (Å²) in [6.07, 6.45) is 4.47.